The summed E-state index contributed by atoms with van der Waals surface area (Å²) in [6.07, 6.45) is -3.17. The number of allylic oxidation sites excluding steroid dienone is 2. The third-order valence-corrected chi connectivity index (χ3v) is 12.0. The van der Waals surface area contributed by atoms with Crippen LogP contribution in [0.3, 0.4) is 0 Å². The molecular formula is C27H40Na2O13S2. The van der Waals surface area contributed by atoms with E-state index in [2.05, 4.69) is 24.1 Å². The van der Waals surface area contributed by atoms with Gasteiger partial charge in [-0.15, -0.1) is 0 Å². The number of ether oxygens (including phenoxy) is 2. The van der Waals surface area contributed by atoms with Crippen LogP contribution < -0.4 is 59.1 Å². The molecule has 0 amide bonds. The second-order valence-corrected chi connectivity index (χ2v) is 15.3. The number of fused-ring (bicyclic) bond motifs is 5. The molecule has 5 rings (SSSR count). The van der Waals surface area contributed by atoms with E-state index in [-0.39, 0.29) is 100 Å². The van der Waals surface area contributed by atoms with Gasteiger partial charge in [0.05, 0.1) is 18.3 Å². The van der Waals surface area contributed by atoms with Crippen LogP contribution in [0.15, 0.2) is 11.6 Å². The Morgan fingerprint density at radius 2 is 1.61 bits per heavy atom. The Bertz CT molecular complexity index is 1330. The van der Waals surface area contributed by atoms with Crippen LogP contribution in [-0.4, -0.2) is 84.9 Å². The number of aliphatic hydroxyl groups excluding tert-OH is 2. The first-order valence-corrected chi connectivity index (χ1v) is 17.2. The van der Waals surface area contributed by atoms with Gasteiger partial charge in [0.1, 0.15) is 24.1 Å². The molecule has 0 aromatic heterocycles. The Balaban J connectivity index is 0.00000264. The first-order chi connectivity index (χ1) is 19.3. The summed E-state index contributed by atoms with van der Waals surface area (Å²) in [5.41, 5.74) is 0.530. The molecule has 0 bridgehead atoms. The zero-order valence-corrected chi connectivity index (χ0v) is 31.7. The second-order valence-electron chi connectivity index (χ2n) is 13.3. The van der Waals surface area contributed by atoms with Crippen LogP contribution in [0.25, 0.3) is 0 Å². The van der Waals surface area contributed by atoms with E-state index in [0.717, 1.165) is 19.3 Å². The van der Waals surface area contributed by atoms with Crippen molar-refractivity contribution in [2.45, 2.75) is 116 Å². The number of hydrogen-bond donors (Lipinski definition) is 2. The molecule has 1 saturated heterocycles. The van der Waals surface area contributed by atoms with E-state index >= 15 is 0 Å². The number of aliphatic hydroxyl groups is 2. The Labute approximate surface area is 303 Å². The van der Waals surface area contributed by atoms with Crippen LogP contribution >= 0.6 is 0 Å². The van der Waals surface area contributed by atoms with Crippen molar-refractivity contribution in [2.75, 3.05) is 0 Å². The van der Waals surface area contributed by atoms with E-state index in [0.29, 0.717) is 19.3 Å². The van der Waals surface area contributed by atoms with E-state index in [9.17, 15) is 40.9 Å². The standard InChI is InChI=1S/C27H42O13S2.2Na/c1-13(28)17-5-6-18-16-12-21(38-25-23(30)22(29)24(14(2)37-25)40-42(34,35)36)20-11-15(39-41(31,32)33)7-9-27(20,4)19(16)8-10-26(17,18)3;;/h8,14-18,20-25,29-30H,5-7,9-12H2,1-4H3,(H,31,32,33)(H,34,35,36);;/q;2*+1/p-2/t14-,15+,16+,17-,18+,20-,21+,22-,23-,24-,25+,26-,27-;;/m1../s1. The molecule has 0 spiro atoms. The zero-order valence-electron chi connectivity index (χ0n) is 26.1. The van der Waals surface area contributed by atoms with E-state index in [1.807, 2.05) is 0 Å². The van der Waals surface area contributed by atoms with Crippen molar-refractivity contribution in [3.63, 3.8) is 0 Å². The molecule has 17 heteroatoms. The van der Waals surface area contributed by atoms with Crippen LogP contribution in [0.1, 0.15) is 72.6 Å². The van der Waals surface area contributed by atoms with Gasteiger partial charge in [-0.05, 0) is 87.4 Å². The SMILES string of the molecule is CC(=O)[C@H]1CC[C@H]2[C@@H]3C[C@H](O[C@@H]4O[C@H](C)[C@@H](OS(=O)(=O)[O-])[C@H](O)[C@H]4O)[C@H]4C[C@@H](OS(=O)(=O)[O-])CC[C@]4(C)C3=CC[C@]12C.[Na+].[Na+]. The summed E-state index contributed by atoms with van der Waals surface area (Å²) in [4.78, 5) is 12.6. The van der Waals surface area contributed by atoms with E-state index in [1.54, 1.807) is 6.92 Å². The van der Waals surface area contributed by atoms with Gasteiger partial charge in [-0.1, -0.05) is 25.5 Å². The summed E-state index contributed by atoms with van der Waals surface area (Å²) in [6, 6.07) is 0. The summed E-state index contributed by atoms with van der Waals surface area (Å²) >= 11 is 0. The molecule has 13 nitrogen and oxygen atoms in total. The topological polar surface area (TPSA) is 209 Å². The number of carbonyl (C=O) groups is 1. The molecule has 0 aromatic carbocycles. The van der Waals surface area contributed by atoms with Crippen LogP contribution in [0.4, 0.5) is 0 Å². The van der Waals surface area contributed by atoms with Crippen LogP contribution in [0.2, 0.25) is 0 Å². The van der Waals surface area contributed by atoms with Crippen molar-refractivity contribution < 1.29 is 118 Å². The predicted octanol–water partition coefficient (Wildman–Crippen LogP) is -4.69. The normalized spacial score (nSPS) is 45.5. The molecule has 0 unspecified atom stereocenters. The third-order valence-electron chi connectivity index (χ3n) is 11.0. The van der Waals surface area contributed by atoms with E-state index in [4.69, 9.17) is 13.7 Å². The van der Waals surface area contributed by atoms with Gasteiger partial charge in [-0.2, -0.15) is 0 Å². The first-order valence-electron chi connectivity index (χ1n) is 14.5. The van der Waals surface area contributed by atoms with Gasteiger partial charge in [0, 0.05) is 5.92 Å². The van der Waals surface area contributed by atoms with Crippen LogP contribution in [0, 0.1) is 34.5 Å². The monoisotopic (exact) mass is 682 g/mol. The minimum atomic E-state index is -5.20. The zero-order chi connectivity index (χ0) is 31.0. The quantitative estimate of drug-likeness (QED) is 0.112. The smallest absolute Gasteiger partial charge is 0.726 e. The summed E-state index contributed by atoms with van der Waals surface area (Å²) in [6.45, 7) is 7.26. The van der Waals surface area contributed by atoms with E-state index < -0.39 is 69.1 Å². The Morgan fingerprint density at radius 3 is 2.20 bits per heavy atom. The predicted molar refractivity (Wildman–Crippen MR) is 142 cm³/mol. The second kappa shape index (κ2) is 14.1. The number of hydrogen-bond acceptors (Lipinski definition) is 13. The number of ketones is 1. The molecule has 3 saturated carbocycles. The maximum Gasteiger partial charge on any atom is 1.00 e. The minimum absolute atomic E-state index is 0. The van der Waals surface area contributed by atoms with Crippen molar-refractivity contribution in [1.29, 1.82) is 0 Å². The Morgan fingerprint density at radius 1 is 0.977 bits per heavy atom. The molecule has 0 radical (unpaired) electrons. The van der Waals surface area contributed by atoms with Crippen molar-refractivity contribution >= 4 is 26.6 Å². The fourth-order valence-corrected chi connectivity index (χ4v) is 10.2. The van der Waals surface area contributed by atoms with Gasteiger partial charge < -0.3 is 28.8 Å². The summed E-state index contributed by atoms with van der Waals surface area (Å²) in [5, 5.41) is 21.5. The van der Waals surface area contributed by atoms with Gasteiger partial charge in [0.2, 0.25) is 20.8 Å². The van der Waals surface area contributed by atoms with Crippen LogP contribution in [0.5, 0.6) is 0 Å². The largest absolute Gasteiger partial charge is 1.00 e. The van der Waals surface area contributed by atoms with Gasteiger partial charge in [0.15, 0.2) is 6.29 Å². The molecule has 4 aliphatic carbocycles. The molecule has 4 fully saturated rings. The van der Waals surface area contributed by atoms with Gasteiger partial charge in [-0.3, -0.25) is 13.2 Å². The van der Waals surface area contributed by atoms with Crippen molar-refractivity contribution in [1.82, 2.24) is 0 Å². The minimum Gasteiger partial charge on any atom is -0.726 e. The van der Waals surface area contributed by atoms with Crippen molar-refractivity contribution in [2.24, 2.45) is 34.5 Å². The molecule has 0 aromatic rings. The third kappa shape index (κ3) is 7.58. The average molecular weight is 683 g/mol. The molecular weight excluding hydrogens is 642 g/mol. The molecule has 1 aliphatic heterocycles. The van der Waals surface area contributed by atoms with Crippen LogP contribution in [-0.2, 0) is 43.4 Å². The molecule has 240 valence electrons. The van der Waals surface area contributed by atoms with Crippen molar-refractivity contribution in [3.05, 3.63) is 11.6 Å². The molecule has 13 atom stereocenters. The molecule has 1 heterocycles. The molecule has 2 N–H and O–H groups in total. The fraction of sp³-hybridized carbons (Fsp3) is 0.889. The van der Waals surface area contributed by atoms with E-state index in [1.165, 1.54) is 12.5 Å². The molecule has 5 aliphatic rings. The summed E-state index contributed by atoms with van der Waals surface area (Å²) in [7, 11) is -10.2. The maximum absolute atomic E-state index is 12.6. The number of carbonyl (C=O) groups excluding carboxylic acids is 1. The van der Waals surface area contributed by atoms with Gasteiger partial charge in [0.25, 0.3) is 0 Å². The average Bonchev–Trinajstić information content (AvgIpc) is 3.22. The summed E-state index contributed by atoms with van der Waals surface area (Å²) < 4.78 is 89.3. The summed E-state index contributed by atoms with van der Waals surface area (Å²) in [5.74, 6) is -0.0307. The fourth-order valence-electron chi connectivity index (χ4n) is 9.14. The number of Topliss-reactive ketones (excluding diaryl/α,β-unsaturated/α-hetero) is 1. The number of rotatable bonds is 7. The maximum atomic E-state index is 12.6. The van der Waals surface area contributed by atoms with Crippen molar-refractivity contribution in [3.8, 4) is 0 Å². The van der Waals surface area contributed by atoms with Gasteiger partial charge in [-0.25, -0.2) is 16.8 Å². The Kier molecular flexibility index (Phi) is 12.6. The molecule has 44 heavy (non-hydrogen) atoms. The van der Waals surface area contributed by atoms with Gasteiger partial charge >= 0.3 is 59.1 Å². The first kappa shape index (κ1) is 39.4. The Hall–Kier alpha value is 0.990.